The Morgan fingerprint density at radius 3 is 2.12 bits per heavy atom. The molecule has 0 aromatic rings. The van der Waals surface area contributed by atoms with Crippen LogP contribution in [-0.4, -0.2) is 79.0 Å². The second-order valence-electron chi connectivity index (χ2n) is 7.94. The normalized spacial score (nSPS) is 25.9. The fraction of sp³-hybridized carbons (Fsp3) is 0.944. The molecular weight excluding hydrogens is 338 g/mol. The van der Waals surface area contributed by atoms with E-state index in [1.54, 1.807) is 4.31 Å². The first-order valence-electron chi connectivity index (χ1n) is 9.90. The van der Waals surface area contributed by atoms with Crippen molar-refractivity contribution in [3.8, 4) is 0 Å². The van der Waals surface area contributed by atoms with E-state index in [-0.39, 0.29) is 18.0 Å². The second kappa shape index (κ2) is 7.92. The van der Waals surface area contributed by atoms with Gasteiger partial charge in [0.15, 0.2) is 0 Å². The van der Waals surface area contributed by atoms with E-state index < -0.39 is 10.0 Å². The first kappa shape index (κ1) is 19.1. The Morgan fingerprint density at radius 2 is 1.60 bits per heavy atom. The number of likely N-dealkylation sites (N-methyl/N-ethyl adjacent to an activating group) is 1. The van der Waals surface area contributed by atoms with Crippen molar-refractivity contribution in [3.63, 3.8) is 0 Å². The third-order valence-electron chi connectivity index (χ3n) is 6.04. The molecule has 25 heavy (non-hydrogen) atoms. The summed E-state index contributed by atoms with van der Waals surface area (Å²) in [5, 5.41) is 0. The van der Waals surface area contributed by atoms with E-state index in [1.165, 1.54) is 19.1 Å². The summed E-state index contributed by atoms with van der Waals surface area (Å²) in [6.45, 7) is 5.01. The Hall–Kier alpha value is -0.660. The maximum Gasteiger partial charge on any atom is 0.236 e. The molecule has 1 amide bonds. The highest BCUT2D eigenvalue weighted by molar-refractivity contribution is 7.88. The lowest BCUT2D eigenvalue weighted by molar-refractivity contribution is -0.132. The molecular formula is C18H33N3O3S. The van der Waals surface area contributed by atoms with Crippen molar-refractivity contribution in [2.75, 3.05) is 32.4 Å². The van der Waals surface area contributed by atoms with Gasteiger partial charge in [0, 0.05) is 31.2 Å². The van der Waals surface area contributed by atoms with Crippen molar-refractivity contribution < 1.29 is 13.2 Å². The lowest BCUT2D eigenvalue weighted by Gasteiger charge is -2.40. The van der Waals surface area contributed by atoms with Crippen LogP contribution >= 0.6 is 0 Å². The van der Waals surface area contributed by atoms with Gasteiger partial charge in [0.2, 0.25) is 15.9 Å². The van der Waals surface area contributed by atoms with E-state index in [0.29, 0.717) is 19.1 Å². The Balaban J connectivity index is 1.58. The van der Waals surface area contributed by atoms with Gasteiger partial charge in [-0.1, -0.05) is 13.3 Å². The molecule has 1 heterocycles. The molecule has 3 fully saturated rings. The molecule has 144 valence electrons. The van der Waals surface area contributed by atoms with Crippen molar-refractivity contribution in [1.29, 1.82) is 0 Å². The van der Waals surface area contributed by atoms with Crippen LogP contribution in [0.2, 0.25) is 0 Å². The van der Waals surface area contributed by atoms with Crippen molar-refractivity contribution in [3.05, 3.63) is 0 Å². The van der Waals surface area contributed by atoms with Crippen LogP contribution in [0.25, 0.3) is 0 Å². The summed E-state index contributed by atoms with van der Waals surface area (Å²) < 4.78 is 26.4. The summed E-state index contributed by atoms with van der Waals surface area (Å²) >= 11 is 0. The summed E-state index contributed by atoms with van der Waals surface area (Å²) in [6.07, 6.45) is 9.40. The second-order valence-corrected chi connectivity index (χ2v) is 9.83. The third kappa shape index (κ3) is 4.74. The Bertz CT molecular complexity index is 572. The largest absolute Gasteiger partial charge is 0.342 e. The molecule has 3 rings (SSSR count). The number of sulfonamides is 1. The molecule has 0 spiro atoms. The summed E-state index contributed by atoms with van der Waals surface area (Å²) in [6, 6.07) is 0.851. The van der Waals surface area contributed by atoms with E-state index in [9.17, 15) is 13.2 Å². The van der Waals surface area contributed by atoms with Gasteiger partial charge in [-0.05, 0) is 51.5 Å². The highest BCUT2D eigenvalue weighted by Crippen LogP contribution is 2.32. The molecule has 0 radical (unpaired) electrons. The zero-order valence-electron chi connectivity index (χ0n) is 15.7. The van der Waals surface area contributed by atoms with Crippen LogP contribution in [0.5, 0.6) is 0 Å². The number of carbonyl (C=O) groups is 1. The summed E-state index contributed by atoms with van der Waals surface area (Å²) in [7, 11) is -3.18. The molecule has 0 aromatic carbocycles. The van der Waals surface area contributed by atoms with Gasteiger partial charge in [-0.25, -0.2) is 8.42 Å². The number of hydrogen-bond donors (Lipinski definition) is 0. The highest BCUT2D eigenvalue weighted by Gasteiger charge is 2.38. The van der Waals surface area contributed by atoms with Gasteiger partial charge in [-0.3, -0.25) is 9.69 Å². The lowest BCUT2D eigenvalue weighted by atomic mass is 9.91. The van der Waals surface area contributed by atoms with Crippen LogP contribution in [0.15, 0.2) is 0 Å². The zero-order valence-corrected chi connectivity index (χ0v) is 16.5. The van der Waals surface area contributed by atoms with Gasteiger partial charge in [0.25, 0.3) is 0 Å². The highest BCUT2D eigenvalue weighted by atomic mass is 32.2. The van der Waals surface area contributed by atoms with Gasteiger partial charge < -0.3 is 4.90 Å². The predicted molar refractivity (Wildman–Crippen MR) is 98.8 cm³/mol. The molecule has 0 bridgehead atoms. The van der Waals surface area contributed by atoms with Crippen molar-refractivity contribution in [2.24, 2.45) is 0 Å². The van der Waals surface area contributed by atoms with Crippen LogP contribution in [0.4, 0.5) is 0 Å². The van der Waals surface area contributed by atoms with Crippen molar-refractivity contribution >= 4 is 15.9 Å². The average molecular weight is 372 g/mol. The molecule has 1 atom stereocenters. The third-order valence-corrected chi connectivity index (χ3v) is 7.40. The van der Waals surface area contributed by atoms with Gasteiger partial charge in [-0.2, -0.15) is 4.31 Å². The molecule has 2 saturated carbocycles. The Kier molecular flexibility index (Phi) is 6.06. The number of hydrogen-bond acceptors (Lipinski definition) is 4. The smallest absolute Gasteiger partial charge is 0.236 e. The summed E-state index contributed by atoms with van der Waals surface area (Å²) in [5.41, 5.74) is 0. The Labute approximate surface area is 152 Å². The van der Waals surface area contributed by atoms with Crippen molar-refractivity contribution in [1.82, 2.24) is 14.1 Å². The van der Waals surface area contributed by atoms with Crippen LogP contribution < -0.4 is 0 Å². The average Bonchev–Trinajstić information content (AvgIpc) is 3.33. The van der Waals surface area contributed by atoms with Crippen LogP contribution in [0, 0.1) is 0 Å². The van der Waals surface area contributed by atoms with Gasteiger partial charge in [0.05, 0.1) is 12.8 Å². The van der Waals surface area contributed by atoms with E-state index in [1.807, 2.05) is 4.90 Å². The van der Waals surface area contributed by atoms with Gasteiger partial charge in [-0.15, -0.1) is 0 Å². The minimum atomic E-state index is -3.18. The SMILES string of the molecule is CCN(CC(=O)N1CCC[C@@H](N(C2CCC2)S(C)(=O)=O)CC1)C1CC1. The van der Waals surface area contributed by atoms with Crippen LogP contribution in [0.1, 0.15) is 58.3 Å². The Morgan fingerprint density at radius 1 is 0.960 bits per heavy atom. The molecule has 3 aliphatic rings. The molecule has 1 saturated heterocycles. The molecule has 1 aliphatic heterocycles. The van der Waals surface area contributed by atoms with E-state index >= 15 is 0 Å². The first-order chi connectivity index (χ1) is 11.9. The lowest BCUT2D eigenvalue weighted by Crippen LogP contribution is -2.50. The van der Waals surface area contributed by atoms with Crippen molar-refractivity contribution in [2.45, 2.75) is 76.4 Å². The molecule has 2 aliphatic carbocycles. The predicted octanol–water partition coefficient (Wildman–Crippen LogP) is 1.67. The minimum absolute atomic E-state index is 0.0591. The number of amides is 1. The minimum Gasteiger partial charge on any atom is -0.342 e. The fourth-order valence-electron chi connectivity index (χ4n) is 4.28. The monoisotopic (exact) mass is 371 g/mol. The number of carbonyl (C=O) groups excluding carboxylic acids is 1. The standard InChI is InChI=1S/C18H33N3O3S/c1-3-19(15-9-10-15)14-18(22)20-12-5-8-17(11-13-20)21(25(2,23)24)16-6-4-7-16/h15-17H,3-14H2,1-2H3/t17-/m1/s1. The molecule has 6 nitrogen and oxygen atoms in total. The molecule has 7 heteroatoms. The number of nitrogens with zero attached hydrogens (tertiary/aromatic N) is 3. The van der Waals surface area contributed by atoms with Gasteiger partial charge >= 0.3 is 0 Å². The maximum absolute atomic E-state index is 12.7. The molecule has 0 aromatic heterocycles. The van der Waals surface area contributed by atoms with E-state index in [2.05, 4.69) is 11.8 Å². The summed E-state index contributed by atoms with van der Waals surface area (Å²) in [4.78, 5) is 16.9. The zero-order chi connectivity index (χ0) is 18.0. The number of rotatable bonds is 7. The molecule has 0 unspecified atom stereocenters. The van der Waals surface area contributed by atoms with Crippen LogP contribution in [-0.2, 0) is 14.8 Å². The summed E-state index contributed by atoms with van der Waals surface area (Å²) in [5.74, 6) is 0.212. The quantitative estimate of drug-likeness (QED) is 0.683. The molecule has 0 N–H and O–H groups in total. The maximum atomic E-state index is 12.7. The van der Waals surface area contributed by atoms with E-state index in [0.717, 1.165) is 51.6 Å². The first-order valence-corrected chi connectivity index (χ1v) is 11.7. The fourth-order valence-corrected chi connectivity index (χ4v) is 5.78. The topological polar surface area (TPSA) is 60.9 Å². The van der Waals surface area contributed by atoms with Gasteiger partial charge in [0.1, 0.15) is 0 Å². The number of likely N-dealkylation sites (tertiary alicyclic amines) is 1. The van der Waals surface area contributed by atoms with Crippen LogP contribution in [0.3, 0.4) is 0 Å². The van der Waals surface area contributed by atoms with E-state index in [4.69, 9.17) is 0 Å².